The number of hydrogen-bond acceptors (Lipinski definition) is 5. The van der Waals surface area contributed by atoms with E-state index in [-0.39, 0.29) is 0 Å². The molecule has 1 aliphatic carbocycles. The van der Waals surface area contributed by atoms with Crippen LogP contribution in [-0.4, -0.2) is 28.0 Å². The number of nitrogens with zero attached hydrogens (tertiary/aromatic N) is 3. The third-order valence-corrected chi connectivity index (χ3v) is 4.07. The van der Waals surface area contributed by atoms with Gasteiger partial charge in [-0.3, -0.25) is 4.90 Å². The topological polar surface area (TPSA) is 67.1 Å². The number of nitrogen functional groups attached to an aromatic ring is 1. The van der Waals surface area contributed by atoms with E-state index in [0.29, 0.717) is 11.9 Å². The van der Waals surface area contributed by atoms with E-state index in [1.165, 1.54) is 25.7 Å². The van der Waals surface area contributed by atoms with E-state index < -0.39 is 0 Å². The smallest absolute Gasteiger partial charge is 0.145 e. The quantitative estimate of drug-likeness (QED) is 0.643. The van der Waals surface area contributed by atoms with Crippen LogP contribution in [0.5, 0.6) is 0 Å². The summed E-state index contributed by atoms with van der Waals surface area (Å²) in [7, 11) is 2.17. The molecule has 2 atom stereocenters. The molecule has 1 heterocycles. The minimum Gasteiger partial charge on any atom is -0.308 e. The average molecular weight is 263 g/mol. The highest BCUT2D eigenvalue weighted by Crippen LogP contribution is 2.27. The molecule has 0 aromatic carbocycles. The Balaban J connectivity index is 2.05. The molecule has 1 aromatic rings. The normalized spacial score (nSPS) is 23.6. The summed E-state index contributed by atoms with van der Waals surface area (Å²) in [5, 5.41) is 0. The van der Waals surface area contributed by atoms with E-state index in [2.05, 4.69) is 34.3 Å². The lowest BCUT2D eigenvalue weighted by molar-refractivity contribution is 0.130. The molecule has 0 amide bonds. The van der Waals surface area contributed by atoms with Gasteiger partial charge in [0.25, 0.3) is 0 Å². The number of hydrogen-bond donors (Lipinski definition) is 2. The van der Waals surface area contributed by atoms with Crippen LogP contribution in [0.4, 0.5) is 5.82 Å². The Hall–Kier alpha value is -1.20. The number of anilines is 1. The van der Waals surface area contributed by atoms with Gasteiger partial charge in [-0.05, 0) is 32.7 Å². The van der Waals surface area contributed by atoms with E-state index in [1.54, 1.807) is 0 Å². The fourth-order valence-corrected chi connectivity index (χ4v) is 3.07. The number of nitrogens with one attached hydrogen (secondary N) is 1. The van der Waals surface area contributed by atoms with Gasteiger partial charge < -0.3 is 5.43 Å². The first kappa shape index (κ1) is 14.2. The van der Waals surface area contributed by atoms with E-state index in [1.807, 2.05) is 13.0 Å². The molecule has 1 saturated carbocycles. The molecule has 19 heavy (non-hydrogen) atoms. The van der Waals surface area contributed by atoms with Crippen molar-refractivity contribution in [3.05, 3.63) is 17.6 Å². The van der Waals surface area contributed by atoms with Gasteiger partial charge in [0.15, 0.2) is 0 Å². The first-order chi connectivity index (χ1) is 9.10. The van der Waals surface area contributed by atoms with Crippen molar-refractivity contribution < 1.29 is 0 Å². The maximum atomic E-state index is 5.43. The molecule has 0 aliphatic heterocycles. The summed E-state index contributed by atoms with van der Waals surface area (Å²) in [6.07, 6.45) is 5.32. The van der Waals surface area contributed by atoms with Crippen LogP contribution in [-0.2, 0) is 6.54 Å². The summed E-state index contributed by atoms with van der Waals surface area (Å²) < 4.78 is 0. The van der Waals surface area contributed by atoms with Crippen molar-refractivity contribution in [3.8, 4) is 0 Å². The van der Waals surface area contributed by atoms with Crippen LogP contribution in [0, 0.1) is 12.8 Å². The summed E-state index contributed by atoms with van der Waals surface area (Å²) >= 11 is 0. The number of hydrazine groups is 1. The molecule has 106 valence electrons. The Bertz CT molecular complexity index is 420. The predicted molar refractivity (Wildman–Crippen MR) is 77.5 cm³/mol. The molecular formula is C14H25N5. The van der Waals surface area contributed by atoms with Crippen molar-refractivity contribution in [2.24, 2.45) is 11.8 Å². The van der Waals surface area contributed by atoms with Crippen LogP contribution in [0.3, 0.4) is 0 Å². The lowest BCUT2D eigenvalue weighted by atomic mass is 9.85. The van der Waals surface area contributed by atoms with Crippen LogP contribution in [0.2, 0.25) is 0 Å². The van der Waals surface area contributed by atoms with Crippen molar-refractivity contribution in [1.82, 2.24) is 14.9 Å². The Kier molecular flexibility index (Phi) is 4.71. The SMILES string of the molecule is Cc1cc(NN)nc(CN(C)C2CCCCC2C)n1. The molecular weight excluding hydrogens is 238 g/mol. The number of nitrogens with two attached hydrogens (primary N) is 1. The summed E-state index contributed by atoms with van der Waals surface area (Å²) in [6.45, 7) is 5.10. The Morgan fingerprint density at radius 3 is 2.79 bits per heavy atom. The highest BCUT2D eigenvalue weighted by molar-refractivity contribution is 5.33. The molecule has 0 bridgehead atoms. The van der Waals surface area contributed by atoms with Crippen molar-refractivity contribution in [1.29, 1.82) is 0 Å². The predicted octanol–water partition coefficient (Wildman–Crippen LogP) is 2.08. The lowest BCUT2D eigenvalue weighted by Gasteiger charge is -2.35. The molecule has 2 rings (SSSR count). The molecule has 1 aliphatic rings. The minimum atomic E-state index is 0.646. The minimum absolute atomic E-state index is 0.646. The van der Waals surface area contributed by atoms with Gasteiger partial charge in [-0.25, -0.2) is 15.8 Å². The van der Waals surface area contributed by atoms with Gasteiger partial charge in [-0.15, -0.1) is 0 Å². The van der Waals surface area contributed by atoms with Gasteiger partial charge in [0.1, 0.15) is 11.6 Å². The fourth-order valence-electron chi connectivity index (χ4n) is 3.07. The third-order valence-electron chi connectivity index (χ3n) is 4.07. The maximum absolute atomic E-state index is 5.43. The van der Waals surface area contributed by atoms with Crippen molar-refractivity contribution in [2.75, 3.05) is 12.5 Å². The van der Waals surface area contributed by atoms with E-state index in [9.17, 15) is 0 Å². The maximum Gasteiger partial charge on any atom is 0.145 e. The molecule has 5 heteroatoms. The van der Waals surface area contributed by atoms with Crippen molar-refractivity contribution in [3.63, 3.8) is 0 Å². The van der Waals surface area contributed by atoms with Gasteiger partial charge in [-0.1, -0.05) is 19.8 Å². The second kappa shape index (κ2) is 6.30. The summed E-state index contributed by atoms with van der Waals surface area (Å²) in [5.74, 6) is 7.72. The monoisotopic (exact) mass is 263 g/mol. The Morgan fingerprint density at radius 2 is 2.11 bits per heavy atom. The molecule has 5 nitrogen and oxygen atoms in total. The van der Waals surface area contributed by atoms with Gasteiger partial charge in [-0.2, -0.15) is 0 Å². The first-order valence-electron chi connectivity index (χ1n) is 7.11. The average Bonchev–Trinajstić information content (AvgIpc) is 2.38. The molecule has 0 spiro atoms. The van der Waals surface area contributed by atoms with Gasteiger partial charge in [0.2, 0.25) is 0 Å². The summed E-state index contributed by atoms with van der Waals surface area (Å²) in [6, 6.07) is 2.50. The standard InChI is InChI=1S/C14H25N5/c1-10-6-4-5-7-12(10)19(3)9-14-16-11(2)8-13(17-14)18-15/h8,10,12H,4-7,9,15H2,1-3H3,(H,16,17,18). The van der Waals surface area contributed by atoms with E-state index in [0.717, 1.165) is 24.0 Å². The molecule has 0 saturated heterocycles. The number of rotatable bonds is 4. The van der Waals surface area contributed by atoms with E-state index in [4.69, 9.17) is 5.84 Å². The largest absolute Gasteiger partial charge is 0.308 e. The molecule has 0 radical (unpaired) electrons. The van der Waals surface area contributed by atoms with Gasteiger partial charge in [0.05, 0.1) is 6.54 Å². The highest BCUT2D eigenvalue weighted by atomic mass is 15.3. The zero-order valence-corrected chi connectivity index (χ0v) is 12.2. The summed E-state index contributed by atoms with van der Waals surface area (Å²) in [4.78, 5) is 11.3. The van der Waals surface area contributed by atoms with Crippen LogP contribution >= 0.6 is 0 Å². The zero-order valence-electron chi connectivity index (χ0n) is 12.2. The van der Waals surface area contributed by atoms with Crippen LogP contribution in [0.1, 0.15) is 44.1 Å². The number of aryl methyl sites for hydroxylation is 1. The molecule has 3 N–H and O–H groups in total. The molecule has 1 aromatic heterocycles. The van der Waals surface area contributed by atoms with Gasteiger partial charge in [0, 0.05) is 17.8 Å². The zero-order chi connectivity index (χ0) is 13.8. The third kappa shape index (κ3) is 3.64. The lowest BCUT2D eigenvalue weighted by Crippen LogP contribution is -2.38. The summed E-state index contributed by atoms with van der Waals surface area (Å²) in [5.41, 5.74) is 3.55. The molecule has 1 fully saturated rings. The van der Waals surface area contributed by atoms with Gasteiger partial charge >= 0.3 is 0 Å². The fraction of sp³-hybridized carbons (Fsp3) is 0.714. The molecule has 2 unspecified atom stereocenters. The van der Waals surface area contributed by atoms with Crippen LogP contribution in [0.15, 0.2) is 6.07 Å². The number of aromatic nitrogens is 2. The Morgan fingerprint density at radius 1 is 1.37 bits per heavy atom. The van der Waals surface area contributed by atoms with E-state index >= 15 is 0 Å². The van der Waals surface area contributed by atoms with Crippen LogP contribution in [0.25, 0.3) is 0 Å². The second-order valence-corrected chi connectivity index (χ2v) is 5.70. The van der Waals surface area contributed by atoms with Crippen LogP contribution < -0.4 is 11.3 Å². The van der Waals surface area contributed by atoms with Crippen molar-refractivity contribution >= 4 is 5.82 Å². The first-order valence-corrected chi connectivity index (χ1v) is 7.11. The second-order valence-electron chi connectivity index (χ2n) is 5.70. The highest BCUT2D eigenvalue weighted by Gasteiger charge is 2.25. The van der Waals surface area contributed by atoms with Crippen molar-refractivity contribution in [2.45, 2.75) is 52.1 Å². The Labute approximate surface area is 115 Å².